The minimum atomic E-state index is -0.0741. The minimum absolute atomic E-state index is 0. The number of benzene rings is 1. The number of halogens is 1. The zero-order valence-corrected chi connectivity index (χ0v) is 20.8. The molecule has 3 rings (SSSR count). The van der Waals surface area contributed by atoms with Crippen LogP contribution in [0.1, 0.15) is 38.1 Å². The van der Waals surface area contributed by atoms with Crippen LogP contribution in [-0.4, -0.2) is 60.3 Å². The molecule has 1 saturated heterocycles. The molecule has 1 fully saturated rings. The first-order chi connectivity index (χ1) is 14.6. The highest BCUT2D eigenvalue weighted by atomic mass is 127. The quantitative estimate of drug-likeness (QED) is 0.249. The fraction of sp³-hybridized carbons (Fsp3) is 0.545. The van der Waals surface area contributed by atoms with Gasteiger partial charge in [-0.25, -0.2) is 0 Å². The summed E-state index contributed by atoms with van der Waals surface area (Å²) in [5, 5.41) is 7.37. The lowest BCUT2D eigenvalue weighted by molar-refractivity contribution is -0.149. The highest BCUT2D eigenvalue weighted by Crippen LogP contribution is 2.19. The van der Waals surface area contributed by atoms with Gasteiger partial charge in [0.15, 0.2) is 11.8 Å². The van der Waals surface area contributed by atoms with Crippen molar-refractivity contribution in [1.29, 1.82) is 0 Å². The molecular weight excluding hydrogens is 509 g/mol. The number of rotatable bonds is 7. The number of aromatic nitrogens is 2. The van der Waals surface area contributed by atoms with Crippen molar-refractivity contribution in [1.82, 2.24) is 20.4 Å². The molecule has 0 spiro atoms. The van der Waals surface area contributed by atoms with Gasteiger partial charge in [0.1, 0.15) is 0 Å². The second-order valence-electron chi connectivity index (χ2n) is 7.30. The Morgan fingerprint density at radius 3 is 2.55 bits per heavy atom. The smallest absolute Gasteiger partial charge is 0.309 e. The van der Waals surface area contributed by atoms with E-state index in [1.165, 1.54) is 5.56 Å². The van der Waals surface area contributed by atoms with Crippen molar-refractivity contribution in [3.63, 3.8) is 0 Å². The molecule has 1 aliphatic rings. The molecule has 1 aromatic heterocycles. The number of ether oxygens (including phenoxy) is 1. The number of hydrogen-bond acceptors (Lipinski definition) is 6. The first-order valence-corrected chi connectivity index (χ1v) is 10.7. The van der Waals surface area contributed by atoms with Gasteiger partial charge in [-0.2, -0.15) is 4.98 Å². The number of nitrogens with zero attached hydrogens (tertiary/aromatic N) is 4. The molecular formula is C22H32IN5O3. The Hall–Kier alpha value is -2.17. The van der Waals surface area contributed by atoms with E-state index in [0.29, 0.717) is 12.5 Å². The summed E-state index contributed by atoms with van der Waals surface area (Å²) < 4.78 is 10.4. The Bertz CT molecular complexity index is 845. The van der Waals surface area contributed by atoms with Crippen molar-refractivity contribution in [2.45, 2.75) is 39.5 Å². The third-order valence-electron chi connectivity index (χ3n) is 5.31. The van der Waals surface area contributed by atoms with Crippen LogP contribution < -0.4 is 5.32 Å². The molecule has 31 heavy (non-hydrogen) atoms. The van der Waals surface area contributed by atoms with Crippen molar-refractivity contribution in [3.8, 4) is 11.5 Å². The molecule has 2 heterocycles. The summed E-state index contributed by atoms with van der Waals surface area (Å²) in [7, 11) is 1.80. The molecule has 0 amide bonds. The normalized spacial score (nSPS) is 14.8. The Labute approximate surface area is 200 Å². The van der Waals surface area contributed by atoms with E-state index in [4.69, 9.17) is 9.26 Å². The zero-order chi connectivity index (χ0) is 21.3. The summed E-state index contributed by atoms with van der Waals surface area (Å²) in [5.41, 5.74) is 2.15. The molecule has 2 aromatic rings. The Morgan fingerprint density at radius 2 is 1.97 bits per heavy atom. The Kier molecular flexibility index (Phi) is 10.2. The van der Waals surface area contributed by atoms with E-state index in [1.54, 1.807) is 7.05 Å². The molecule has 1 aromatic carbocycles. The van der Waals surface area contributed by atoms with Gasteiger partial charge in [-0.3, -0.25) is 9.79 Å². The van der Waals surface area contributed by atoms with E-state index in [-0.39, 0.29) is 35.9 Å². The highest BCUT2D eigenvalue weighted by Gasteiger charge is 2.27. The maximum atomic E-state index is 11.9. The monoisotopic (exact) mass is 541 g/mol. The molecule has 0 aliphatic carbocycles. The first-order valence-electron chi connectivity index (χ1n) is 10.7. The van der Waals surface area contributed by atoms with Gasteiger partial charge in [0.2, 0.25) is 0 Å². The van der Waals surface area contributed by atoms with E-state index < -0.39 is 0 Å². The fourth-order valence-corrected chi connectivity index (χ4v) is 3.57. The van der Waals surface area contributed by atoms with Gasteiger partial charge in [-0.05, 0) is 43.9 Å². The lowest BCUT2D eigenvalue weighted by atomic mass is 9.97. The number of hydrogen-bond donors (Lipinski definition) is 1. The maximum absolute atomic E-state index is 11.9. The fourth-order valence-electron chi connectivity index (χ4n) is 3.57. The SMILES string of the molecule is CCOC(=O)C1CCN(C(=NC)NCCc2ccc(-c3nc(CC)no3)cc2)CC1.I. The molecule has 8 nitrogen and oxygen atoms in total. The summed E-state index contributed by atoms with van der Waals surface area (Å²) in [6.45, 7) is 6.69. The van der Waals surface area contributed by atoms with E-state index in [0.717, 1.165) is 62.7 Å². The van der Waals surface area contributed by atoms with Gasteiger partial charge in [0, 0.05) is 38.7 Å². The van der Waals surface area contributed by atoms with Crippen LogP contribution in [0.4, 0.5) is 0 Å². The van der Waals surface area contributed by atoms with Crippen LogP contribution in [0.5, 0.6) is 0 Å². The van der Waals surface area contributed by atoms with Crippen LogP contribution in [0.25, 0.3) is 11.5 Å². The van der Waals surface area contributed by atoms with Gasteiger partial charge >= 0.3 is 5.97 Å². The molecule has 9 heteroatoms. The second kappa shape index (κ2) is 12.6. The zero-order valence-electron chi connectivity index (χ0n) is 18.5. The lowest BCUT2D eigenvalue weighted by Crippen LogP contribution is -2.47. The van der Waals surface area contributed by atoms with E-state index in [1.807, 2.05) is 26.0 Å². The topological polar surface area (TPSA) is 92.8 Å². The van der Waals surface area contributed by atoms with Crippen LogP contribution in [0.2, 0.25) is 0 Å². The van der Waals surface area contributed by atoms with Gasteiger partial charge in [0.25, 0.3) is 5.89 Å². The predicted octanol–water partition coefficient (Wildman–Crippen LogP) is 3.31. The second-order valence-corrected chi connectivity index (χ2v) is 7.30. The van der Waals surface area contributed by atoms with Gasteiger partial charge in [0.05, 0.1) is 12.5 Å². The summed E-state index contributed by atoms with van der Waals surface area (Å²) in [4.78, 5) is 22.9. The number of piperidine rings is 1. The molecule has 170 valence electrons. The third-order valence-corrected chi connectivity index (χ3v) is 5.31. The standard InChI is InChI=1S/C22H31N5O3.HI/c1-4-19-25-20(30-26-19)17-8-6-16(7-9-17)10-13-24-22(23-3)27-14-11-18(12-15-27)21(28)29-5-2;/h6-9,18H,4-5,10-15H2,1-3H3,(H,23,24);1H. The van der Waals surface area contributed by atoms with Crippen molar-refractivity contribution >= 4 is 35.9 Å². The van der Waals surface area contributed by atoms with Crippen LogP contribution in [0.3, 0.4) is 0 Å². The van der Waals surface area contributed by atoms with Crippen LogP contribution in [-0.2, 0) is 22.4 Å². The number of aliphatic imine (C=N–C) groups is 1. The molecule has 0 saturated carbocycles. The van der Waals surface area contributed by atoms with Crippen molar-refractivity contribution < 1.29 is 14.1 Å². The average Bonchev–Trinajstić information content (AvgIpc) is 3.27. The number of carbonyl (C=O) groups is 1. The van der Waals surface area contributed by atoms with Gasteiger partial charge < -0.3 is 19.5 Å². The number of carbonyl (C=O) groups excluding carboxylic acids is 1. The minimum Gasteiger partial charge on any atom is -0.466 e. The largest absolute Gasteiger partial charge is 0.466 e. The molecule has 0 radical (unpaired) electrons. The third kappa shape index (κ3) is 6.91. The van der Waals surface area contributed by atoms with Crippen LogP contribution in [0, 0.1) is 5.92 Å². The van der Waals surface area contributed by atoms with Gasteiger partial charge in [-0.15, -0.1) is 24.0 Å². The molecule has 0 atom stereocenters. The van der Waals surface area contributed by atoms with Crippen LogP contribution in [0.15, 0.2) is 33.8 Å². The van der Waals surface area contributed by atoms with Crippen molar-refractivity contribution in [2.24, 2.45) is 10.9 Å². The summed E-state index contributed by atoms with van der Waals surface area (Å²) >= 11 is 0. The Balaban J connectivity index is 0.00000341. The maximum Gasteiger partial charge on any atom is 0.309 e. The summed E-state index contributed by atoms with van der Waals surface area (Å²) in [6, 6.07) is 8.19. The van der Waals surface area contributed by atoms with E-state index in [9.17, 15) is 4.79 Å². The Morgan fingerprint density at radius 1 is 1.26 bits per heavy atom. The number of likely N-dealkylation sites (tertiary alicyclic amines) is 1. The number of aryl methyl sites for hydroxylation is 1. The molecule has 0 bridgehead atoms. The molecule has 1 aliphatic heterocycles. The molecule has 1 N–H and O–H groups in total. The van der Waals surface area contributed by atoms with E-state index >= 15 is 0 Å². The first kappa shape index (κ1) is 25.1. The lowest BCUT2D eigenvalue weighted by Gasteiger charge is -2.33. The van der Waals surface area contributed by atoms with Gasteiger partial charge in [-0.1, -0.05) is 24.2 Å². The number of guanidine groups is 1. The number of nitrogens with one attached hydrogen (secondary N) is 1. The van der Waals surface area contributed by atoms with E-state index in [2.05, 4.69) is 37.5 Å². The number of esters is 1. The average molecular weight is 541 g/mol. The highest BCUT2D eigenvalue weighted by molar-refractivity contribution is 14.0. The van der Waals surface area contributed by atoms with Crippen molar-refractivity contribution in [3.05, 3.63) is 35.7 Å². The van der Waals surface area contributed by atoms with Crippen LogP contribution >= 0.6 is 24.0 Å². The predicted molar refractivity (Wildman–Crippen MR) is 131 cm³/mol. The summed E-state index contributed by atoms with van der Waals surface area (Å²) in [5.74, 6) is 2.09. The summed E-state index contributed by atoms with van der Waals surface area (Å²) in [6.07, 6.45) is 3.24. The van der Waals surface area contributed by atoms with Crippen molar-refractivity contribution in [2.75, 3.05) is 33.3 Å². The molecule has 0 unspecified atom stereocenters.